The van der Waals surface area contributed by atoms with E-state index in [1.165, 1.54) is 11.1 Å². The molecule has 0 radical (unpaired) electrons. The van der Waals surface area contributed by atoms with Crippen LogP contribution in [-0.4, -0.2) is 41.8 Å². The Morgan fingerprint density at radius 3 is 2.30 bits per heavy atom. The fraction of sp³-hybridized carbons (Fsp3) is 0.423. The first kappa shape index (κ1) is 22.8. The van der Waals surface area contributed by atoms with Crippen molar-refractivity contribution in [1.29, 1.82) is 0 Å². The minimum Gasteiger partial charge on any atom is -0.481 e. The molecule has 0 saturated heterocycles. The largest absolute Gasteiger partial charge is 0.481 e. The molecule has 0 bridgehead atoms. The lowest BCUT2D eigenvalue weighted by Crippen LogP contribution is -2.41. The second-order valence-corrected chi connectivity index (χ2v) is 8.96. The van der Waals surface area contributed by atoms with Crippen LogP contribution in [0.25, 0.3) is 11.1 Å². The second kappa shape index (κ2) is 10.1. The van der Waals surface area contributed by atoms with Crippen molar-refractivity contribution in [2.24, 2.45) is 5.92 Å². The van der Waals surface area contributed by atoms with E-state index in [1.807, 2.05) is 31.2 Å². The molecule has 2 aliphatic rings. The summed E-state index contributed by atoms with van der Waals surface area (Å²) in [6.45, 7) is 2.07. The first-order valence-corrected chi connectivity index (χ1v) is 11.6. The number of ether oxygens (including phenoxy) is 1. The molecule has 0 spiro atoms. The normalized spacial score (nSPS) is 19.9. The van der Waals surface area contributed by atoms with Crippen molar-refractivity contribution in [3.63, 3.8) is 0 Å². The standard InChI is InChI=1S/C26H30N2O5/c1-16(13-14-24(29)28-23-12-6-11-21(23)25(30)31)27-26(32)33-15-22-19-9-4-2-7-17(19)18-8-3-5-10-20(18)22/h2-5,7-10,16,21-23H,6,11-15H2,1H3,(H,27,32)(H,28,29)(H,30,31)/t16?,21-,23+/m0/s1. The predicted molar refractivity (Wildman–Crippen MR) is 124 cm³/mol. The van der Waals surface area contributed by atoms with Crippen LogP contribution in [0.15, 0.2) is 48.5 Å². The van der Waals surface area contributed by atoms with Gasteiger partial charge in [-0.3, -0.25) is 9.59 Å². The van der Waals surface area contributed by atoms with Crippen molar-refractivity contribution >= 4 is 18.0 Å². The molecule has 2 aromatic carbocycles. The topological polar surface area (TPSA) is 105 Å². The number of carboxylic acids is 1. The molecule has 174 valence electrons. The summed E-state index contributed by atoms with van der Waals surface area (Å²) in [6, 6.07) is 15.8. The van der Waals surface area contributed by atoms with Gasteiger partial charge < -0.3 is 20.5 Å². The van der Waals surface area contributed by atoms with E-state index < -0.39 is 18.0 Å². The molecule has 33 heavy (non-hydrogen) atoms. The quantitative estimate of drug-likeness (QED) is 0.563. The van der Waals surface area contributed by atoms with E-state index in [9.17, 15) is 19.5 Å². The fourth-order valence-electron chi connectivity index (χ4n) is 4.97. The first-order valence-electron chi connectivity index (χ1n) is 11.6. The number of carbonyl (C=O) groups is 3. The van der Waals surface area contributed by atoms with Crippen molar-refractivity contribution in [3.05, 3.63) is 59.7 Å². The summed E-state index contributed by atoms with van der Waals surface area (Å²) < 4.78 is 5.55. The van der Waals surface area contributed by atoms with Crippen molar-refractivity contribution in [1.82, 2.24) is 10.6 Å². The van der Waals surface area contributed by atoms with Crippen molar-refractivity contribution in [2.45, 2.75) is 57.0 Å². The zero-order valence-electron chi connectivity index (χ0n) is 18.8. The summed E-state index contributed by atoms with van der Waals surface area (Å²) in [4.78, 5) is 35.9. The molecule has 3 atom stereocenters. The minimum absolute atomic E-state index is 0.00201. The molecule has 2 aromatic rings. The molecule has 0 aliphatic heterocycles. The Labute approximate surface area is 193 Å². The van der Waals surface area contributed by atoms with Gasteiger partial charge in [-0.05, 0) is 48.4 Å². The summed E-state index contributed by atoms with van der Waals surface area (Å²) in [5, 5.41) is 14.9. The third-order valence-corrected chi connectivity index (χ3v) is 6.69. The maximum Gasteiger partial charge on any atom is 0.407 e. The van der Waals surface area contributed by atoms with Gasteiger partial charge in [-0.15, -0.1) is 0 Å². The van der Waals surface area contributed by atoms with Crippen LogP contribution in [0.4, 0.5) is 4.79 Å². The second-order valence-electron chi connectivity index (χ2n) is 8.96. The van der Waals surface area contributed by atoms with Crippen molar-refractivity contribution in [3.8, 4) is 11.1 Å². The van der Waals surface area contributed by atoms with Gasteiger partial charge in [-0.25, -0.2) is 4.79 Å². The SMILES string of the molecule is CC(CCC(=O)N[C@@H]1CCC[C@@H]1C(=O)O)NC(=O)OCC1c2ccccc2-c2ccccc21. The lowest BCUT2D eigenvalue weighted by atomic mass is 9.98. The number of carbonyl (C=O) groups excluding carboxylic acids is 2. The highest BCUT2D eigenvalue weighted by molar-refractivity contribution is 5.79. The molecule has 1 fully saturated rings. The number of hydrogen-bond acceptors (Lipinski definition) is 4. The van der Waals surface area contributed by atoms with E-state index in [4.69, 9.17) is 4.74 Å². The Hall–Kier alpha value is -3.35. The van der Waals surface area contributed by atoms with Gasteiger partial charge in [0.2, 0.25) is 5.91 Å². The number of carboxylic acid groups (broad SMARTS) is 1. The molecular formula is C26H30N2O5. The summed E-state index contributed by atoms with van der Waals surface area (Å²) in [7, 11) is 0. The van der Waals surface area contributed by atoms with E-state index >= 15 is 0 Å². The van der Waals surface area contributed by atoms with E-state index in [-0.39, 0.29) is 36.9 Å². The molecule has 2 amide bonds. The van der Waals surface area contributed by atoms with E-state index in [2.05, 4.69) is 34.9 Å². The van der Waals surface area contributed by atoms with E-state index in [0.717, 1.165) is 17.5 Å². The molecular weight excluding hydrogens is 420 g/mol. The monoisotopic (exact) mass is 450 g/mol. The highest BCUT2D eigenvalue weighted by atomic mass is 16.5. The molecule has 1 unspecified atom stereocenters. The summed E-state index contributed by atoms with van der Waals surface area (Å²) in [5.74, 6) is -1.56. The zero-order valence-corrected chi connectivity index (χ0v) is 18.8. The van der Waals surface area contributed by atoms with Crippen LogP contribution in [-0.2, 0) is 14.3 Å². The number of aliphatic carboxylic acids is 1. The fourth-order valence-corrected chi connectivity index (χ4v) is 4.97. The average molecular weight is 451 g/mol. The molecule has 0 aromatic heterocycles. The number of fused-ring (bicyclic) bond motifs is 3. The van der Waals surface area contributed by atoms with Crippen LogP contribution in [0.5, 0.6) is 0 Å². The molecule has 7 heteroatoms. The number of amides is 2. The van der Waals surface area contributed by atoms with Gasteiger partial charge in [0.05, 0.1) is 5.92 Å². The smallest absolute Gasteiger partial charge is 0.407 e. The molecule has 2 aliphatic carbocycles. The van der Waals surface area contributed by atoms with Gasteiger partial charge in [0, 0.05) is 24.4 Å². The average Bonchev–Trinajstić information content (AvgIpc) is 3.39. The molecule has 7 nitrogen and oxygen atoms in total. The van der Waals surface area contributed by atoms with Gasteiger partial charge in [0.1, 0.15) is 6.61 Å². The summed E-state index contributed by atoms with van der Waals surface area (Å²) >= 11 is 0. The predicted octanol–water partition coefficient (Wildman–Crippen LogP) is 4.06. The Morgan fingerprint density at radius 2 is 1.67 bits per heavy atom. The molecule has 0 heterocycles. The van der Waals surface area contributed by atoms with Crippen LogP contribution >= 0.6 is 0 Å². The highest BCUT2D eigenvalue weighted by Crippen LogP contribution is 2.44. The number of rotatable bonds is 8. The summed E-state index contributed by atoms with van der Waals surface area (Å²) in [5.41, 5.74) is 4.66. The molecule has 3 N–H and O–H groups in total. The Kier molecular flexibility index (Phi) is 6.96. The number of benzene rings is 2. The lowest BCUT2D eigenvalue weighted by Gasteiger charge is -2.19. The third-order valence-electron chi connectivity index (χ3n) is 6.69. The lowest BCUT2D eigenvalue weighted by molar-refractivity contribution is -0.142. The number of hydrogen-bond donors (Lipinski definition) is 3. The van der Waals surface area contributed by atoms with Gasteiger partial charge in [0.15, 0.2) is 0 Å². The Morgan fingerprint density at radius 1 is 1.03 bits per heavy atom. The van der Waals surface area contributed by atoms with Gasteiger partial charge >= 0.3 is 12.1 Å². The highest BCUT2D eigenvalue weighted by Gasteiger charge is 2.34. The number of nitrogens with one attached hydrogen (secondary N) is 2. The van der Waals surface area contributed by atoms with Crippen LogP contribution in [0.3, 0.4) is 0 Å². The Bertz CT molecular complexity index is 991. The molecule has 1 saturated carbocycles. The van der Waals surface area contributed by atoms with Crippen LogP contribution in [0.2, 0.25) is 0 Å². The van der Waals surface area contributed by atoms with Gasteiger partial charge in [-0.1, -0.05) is 55.0 Å². The zero-order chi connectivity index (χ0) is 23.4. The summed E-state index contributed by atoms with van der Waals surface area (Å²) in [6.07, 6.45) is 2.25. The van der Waals surface area contributed by atoms with E-state index in [1.54, 1.807) is 0 Å². The first-order chi connectivity index (χ1) is 15.9. The number of alkyl carbamates (subject to hydrolysis) is 1. The third kappa shape index (κ3) is 5.18. The van der Waals surface area contributed by atoms with Crippen LogP contribution in [0, 0.1) is 5.92 Å². The Balaban J connectivity index is 1.23. The maximum atomic E-state index is 12.4. The van der Waals surface area contributed by atoms with E-state index in [0.29, 0.717) is 19.3 Å². The molecule has 4 rings (SSSR count). The minimum atomic E-state index is -0.858. The van der Waals surface area contributed by atoms with Crippen molar-refractivity contribution in [2.75, 3.05) is 6.61 Å². The van der Waals surface area contributed by atoms with Gasteiger partial charge in [0.25, 0.3) is 0 Å². The van der Waals surface area contributed by atoms with Crippen LogP contribution < -0.4 is 10.6 Å². The van der Waals surface area contributed by atoms with Gasteiger partial charge in [-0.2, -0.15) is 0 Å². The van der Waals surface area contributed by atoms with Crippen LogP contribution in [0.1, 0.15) is 56.1 Å². The van der Waals surface area contributed by atoms with Crippen molar-refractivity contribution < 1.29 is 24.2 Å². The maximum absolute atomic E-state index is 12.4.